The molecule has 0 amide bonds. The van der Waals surface area contributed by atoms with Gasteiger partial charge >= 0.3 is 0 Å². The van der Waals surface area contributed by atoms with Gasteiger partial charge in [-0.05, 0) is 24.1 Å². The zero-order chi connectivity index (χ0) is 14.5. The topological polar surface area (TPSA) is 30.8 Å². The third-order valence-electron chi connectivity index (χ3n) is 2.91. The molecule has 0 aliphatic carbocycles. The lowest BCUT2D eigenvalue weighted by Gasteiger charge is -2.12. The number of hydrogen-bond acceptors (Lipinski definition) is 3. The molecule has 1 aromatic carbocycles. The van der Waals surface area contributed by atoms with Crippen molar-refractivity contribution in [1.82, 2.24) is 0 Å². The lowest BCUT2D eigenvalue weighted by molar-refractivity contribution is 0.370. The molecule has 20 heavy (non-hydrogen) atoms. The Morgan fingerprint density at radius 2 is 1.90 bits per heavy atom. The zero-order valence-electron chi connectivity index (χ0n) is 11.3. The molecule has 0 aromatic heterocycles. The third kappa shape index (κ3) is 3.35. The number of halogens is 2. The number of benzene rings is 1. The van der Waals surface area contributed by atoms with E-state index in [1.165, 1.54) is 0 Å². The molecule has 0 fully saturated rings. The van der Waals surface area contributed by atoms with Gasteiger partial charge in [-0.25, -0.2) is 4.99 Å². The molecule has 0 unspecified atom stereocenters. The number of allylic oxidation sites excluding steroid dienone is 3. The van der Waals surface area contributed by atoms with Crippen molar-refractivity contribution in [3.05, 3.63) is 46.8 Å². The van der Waals surface area contributed by atoms with Crippen LogP contribution in [0.15, 0.2) is 51.8 Å². The van der Waals surface area contributed by atoms with Crippen LogP contribution >= 0.6 is 23.2 Å². The second-order valence-electron chi connectivity index (χ2n) is 4.22. The zero-order valence-corrected chi connectivity index (χ0v) is 12.8. The Morgan fingerprint density at radius 3 is 2.55 bits per heavy atom. The highest BCUT2D eigenvalue weighted by Gasteiger charge is 2.18. The monoisotopic (exact) mass is 311 g/mol. The van der Waals surface area contributed by atoms with Crippen molar-refractivity contribution >= 4 is 28.4 Å². The average Bonchev–Trinajstić information content (AvgIpc) is 2.60. The smallest absolute Gasteiger partial charge is 0.179 e. The van der Waals surface area contributed by atoms with E-state index in [1.54, 1.807) is 25.4 Å². The number of nitrogens with zero attached hydrogens (tertiary/aromatic N) is 1. The van der Waals surface area contributed by atoms with Gasteiger partial charge in [0, 0.05) is 12.6 Å². The first-order valence-electron chi connectivity index (χ1n) is 6.26. The van der Waals surface area contributed by atoms with Crippen LogP contribution in [0.25, 0.3) is 0 Å². The summed E-state index contributed by atoms with van der Waals surface area (Å²) in [4.78, 5) is 4.17. The summed E-state index contributed by atoms with van der Waals surface area (Å²) in [7, 11) is 1.58. The molecule has 0 bridgehead atoms. The highest BCUT2D eigenvalue weighted by atomic mass is 35.5. The molecule has 1 aromatic rings. The molecule has 2 rings (SSSR count). The molecule has 1 aliphatic rings. The molecule has 0 N–H and O–H groups in total. The maximum absolute atomic E-state index is 6.31. The largest absolute Gasteiger partial charge is 0.493 e. The fraction of sp³-hybridized carbons (Fsp3) is 0.267. The van der Waals surface area contributed by atoms with Gasteiger partial charge in [-0.3, -0.25) is 0 Å². The van der Waals surface area contributed by atoms with E-state index in [0.717, 1.165) is 12.0 Å². The number of hydrogen-bond donors (Lipinski definition) is 0. The first kappa shape index (κ1) is 14.9. The molecule has 106 valence electrons. The number of methoxy groups -OCH3 is 1. The van der Waals surface area contributed by atoms with Crippen LogP contribution < -0.4 is 9.47 Å². The Morgan fingerprint density at radius 1 is 1.20 bits per heavy atom. The summed E-state index contributed by atoms with van der Waals surface area (Å²) in [6.07, 6.45) is 3.19. The van der Waals surface area contributed by atoms with Crippen LogP contribution in [-0.4, -0.2) is 12.3 Å². The maximum Gasteiger partial charge on any atom is 0.179 e. The Kier molecular flexibility index (Phi) is 5.10. The van der Waals surface area contributed by atoms with E-state index in [0.29, 0.717) is 28.7 Å². The SMILES string of the molecule is CCC1=CN=C(Cl)C(Oc2ccccc2OC)=C(Cl)C1. The normalized spacial score (nSPS) is 15.4. The molecule has 3 nitrogen and oxygen atoms in total. The van der Waals surface area contributed by atoms with Gasteiger partial charge in [-0.2, -0.15) is 0 Å². The summed E-state index contributed by atoms with van der Waals surface area (Å²) in [5.74, 6) is 1.54. The van der Waals surface area contributed by atoms with E-state index in [4.69, 9.17) is 32.7 Å². The third-order valence-corrected chi connectivity index (χ3v) is 3.49. The first-order valence-corrected chi connectivity index (χ1v) is 7.02. The number of ether oxygens (including phenoxy) is 2. The van der Waals surface area contributed by atoms with E-state index >= 15 is 0 Å². The molecule has 0 radical (unpaired) electrons. The minimum Gasteiger partial charge on any atom is -0.493 e. The van der Waals surface area contributed by atoms with Gasteiger partial charge in [0.05, 0.1) is 12.1 Å². The van der Waals surface area contributed by atoms with Crippen molar-refractivity contribution in [3.8, 4) is 11.5 Å². The predicted octanol–water partition coefficient (Wildman–Crippen LogP) is 4.86. The van der Waals surface area contributed by atoms with E-state index in [2.05, 4.69) is 4.99 Å². The molecule has 1 heterocycles. The fourth-order valence-corrected chi connectivity index (χ4v) is 2.32. The van der Waals surface area contributed by atoms with Gasteiger partial charge in [0.15, 0.2) is 22.4 Å². The van der Waals surface area contributed by atoms with E-state index < -0.39 is 0 Å². The lowest BCUT2D eigenvalue weighted by Crippen LogP contribution is -2.05. The van der Waals surface area contributed by atoms with Crippen LogP contribution in [0.2, 0.25) is 0 Å². The van der Waals surface area contributed by atoms with Gasteiger partial charge in [0.25, 0.3) is 0 Å². The Labute approximate surface area is 128 Å². The van der Waals surface area contributed by atoms with Crippen molar-refractivity contribution < 1.29 is 9.47 Å². The molecule has 0 spiro atoms. The molecule has 5 heteroatoms. The van der Waals surface area contributed by atoms with Gasteiger partial charge in [0.1, 0.15) is 0 Å². The van der Waals surface area contributed by atoms with Gasteiger partial charge in [0.2, 0.25) is 0 Å². The second kappa shape index (κ2) is 6.82. The van der Waals surface area contributed by atoms with Crippen LogP contribution in [-0.2, 0) is 0 Å². The van der Waals surface area contributed by atoms with Crippen molar-refractivity contribution in [2.24, 2.45) is 4.99 Å². The molecular weight excluding hydrogens is 297 g/mol. The Balaban J connectivity index is 2.33. The quantitative estimate of drug-likeness (QED) is 0.795. The van der Waals surface area contributed by atoms with Crippen LogP contribution in [0.1, 0.15) is 19.8 Å². The maximum atomic E-state index is 6.31. The standard InChI is InChI=1S/C15H15Cl2NO2/c1-3-10-8-11(16)14(15(17)18-9-10)20-13-7-5-4-6-12(13)19-2/h4-7,9H,3,8H2,1-2H3. The van der Waals surface area contributed by atoms with E-state index in [1.807, 2.05) is 19.1 Å². The molecule has 1 aliphatic heterocycles. The summed E-state index contributed by atoms with van der Waals surface area (Å²) in [6.45, 7) is 2.05. The van der Waals surface area contributed by atoms with Gasteiger partial charge in [-0.15, -0.1) is 0 Å². The number of aliphatic imine (C=N–C) groups is 1. The Bertz CT molecular complexity index is 591. The van der Waals surface area contributed by atoms with Crippen LogP contribution in [0.3, 0.4) is 0 Å². The first-order chi connectivity index (χ1) is 9.65. The van der Waals surface area contributed by atoms with Crippen molar-refractivity contribution in [3.63, 3.8) is 0 Å². The average molecular weight is 312 g/mol. The van der Waals surface area contributed by atoms with Gasteiger partial charge < -0.3 is 9.47 Å². The predicted molar refractivity (Wildman–Crippen MR) is 82.8 cm³/mol. The van der Waals surface area contributed by atoms with Crippen molar-refractivity contribution in [2.75, 3.05) is 7.11 Å². The van der Waals surface area contributed by atoms with Crippen LogP contribution in [0, 0.1) is 0 Å². The summed E-state index contributed by atoms with van der Waals surface area (Å²) in [5, 5.41) is 0.777. The van der Waals surface area contributed by atoms with Crippen molar-refractivity contribution in [1.29, 1.82) is 0 Å². The summed E-state index contributed by atoms with van der Waals surface area (Å²) >= 11 is 12.5. The minimum absolute atomic E-state index is 0.240. The van der Waals surface area contributed by atoms with Crippen LogP contribution in [0.5, 0.6) is 11.5 Å². The second-order valence-corrected chi connectivity index (χ2v) is 5.04. The molecule has 0 saturated carbocycles. The summed E-state index contributed by atoms with van der Waals surface area (Å²) in [6, 6.07) is 7.31. The van der Waals surface area contributed by atoms with Crippen LogP contribution in [0.4, 0.5) is 0 Å². The summed E-state index contributed by atoms with van der Waals surface area (Å²) < 4.78 is 11.0. The van der Waals surface area contributed by atoms with Crippen molar-refractivity contribution in [2.45, 2.75) is 19.8 Å². The van der Waals surface area contributed by atoms with Gasteiger partial charge in [-0.1, -0.05) is 42.3 Å². The minimum atomic E-state index is 0.240. The Hall–Kier alpha value is -1.45. The number of rotatable bonds is 4. The number of para-hydroxylation sites is 2. The lowest BCUT2D eigenvalue weighted by atomic mass is 10.1. The fourth-order valence-electron chi connectivity index (χ4n) is 1.77. The van der Waals surface area contributed by atoms with E-state index in [9.17, 15) is 0 Å². The molecule has 0 saturated heterocycles. The van der Waals surface area contributed by atoms with E-state index in [-0.39, 0.29) is 5.17 Å². The highest BCUT2D eigenvalue weighted by molar-refractivity contribution is 6.70. The molecule has 0 atom stereocenters. The summed E-state index contributed by atoms with van der Waals surface area (Å²) in [5.41, 5.74) is 1.10. The molecular formula is C15H15Cl2NO2. The highest BCUT2D eigenvalue weighted by Crippen LogP contribution is 2.32.